The molecule has 1 heterocycles. The van der Waals surface area contributed by atoms with Crippen LogP contribution in [-0.4, -0.2) is 20.9 Å². The molecular formula is C14H16BrN3O3. The van der Waals surface area contributed by atoms with Crippen LogP contribution < -0.4 is 10.5 Å². The number of ether oxygens (including phenoxy) is 1. The Morgan fingerprint density at radius 2 is 2.24 bits per heavy atom. The summed E-state index contributed by atoms with van der Waals surface area (Å²) in [5.41, 5.74) is 7.90. The van der Waals surface area contributed by atoms with Crippen LogP contribution >= 0.6 is 15.9 Å². The number of aromatic nitrogens is 2. The van der Waals surface area contributed by atoms with Gasteiger partial charge in [-0.05, 0) is 34.5 Å². The zero-order valence-electron chi connectivity index (χ0n) is 11.8. The molecule has 0 fully saturated rings. The fraction of sp³-hybridized carbons (Fsp3) is 0.286. The summed E-state index contributed by atoms with van der Waals surface area (Å²) < 4.78 is 8.22. The van der Waals surface area contributed by atoms with Crippen LogP contribution in [0.2, 0.25) is 0 Å². The number of nitrogens with zero attached hydrogens (tertiary/aromatic N) is 2. The largest absolute Gasteiger partial charge is 0.484 e. The molecule has 0 bridgehead atoms. The Kier molecular flexibility index (Phi) is 4.52. The third kappa shape index (κ3) is 3.02. The van der Waals surface area contributed by atoms with Gasteiger partial charge >= 0.3 is 5.97 Å². The molecule has 2 rings (SSSR count). The summed E-state index contributed by atoms with van der Waals surface area (Å²) in [4.78, 5) is 11.2. The lowest BCUT2D eigenvalue weighted by Gasteiger charge is -2.12. The van der Waals surface area contributed by atoms with Crippen molar-refractivity contribution in [3.05, 3.63) is 39.6 Å². The molecule has 0 atom stereocenters. The summed E-state index contributed by atoms with van der Waals surface area (Å²) in [6.45, 7) is 2.19. The molecule has 0 aliphatic carbocycles. The van der Waals surface area contributed by atoms with Crippen LogP contribution in [0.4, 0.5) is 5.69 Å². The van der Waals surface area contributed by atoms with Gasteiger partial charge in [-0.3, -0.25) is 4.68 Å². The number of carbonyl (C=O) groups is 1. The highest BCUT2D eigenvalue weighted by Crippen LogP contribution is 2.29. The van der Waals surface area contributed by atoms with Gasteiger partial charge in [-0.1, -0.05) is 13.0 Å². The fourth-order valence-corrected chi connectivity index (χ4v) is 2.73. The predicted molar refractivity (Wildman–Crippen MR) is 82.4 cm³/mol. The van der Waals surface area contributed by atoms with E-state index in [1.54, 1.807) is 16.8 Å². The molecule has 1 aromatic heterocycles. The van der Waals surface area contributed by atoms with Crippen molar-refractivity contribution in [1.82, 2.24) is 9.78 Å². The second-order valence-corrected chi connectivity index (χ2v) is 5.30. The molecule has 7 heteroatoms. The minimum Gasteiger partial charge on any atom is -0.484 e. The van der Waals surface area contributed by atoms with Crippen LogP contribution in [0.15, 0.2) is 22.7 Å². The van der Waals surface area contributed by atoms with Crippen molar-refractivity contribution < 1.29 is 14.6 Å². The number of para-hydroxylation sites is 1. The zero-order valence-corrected chi connectivity index (χ0v) is 13.3. The molecule has 6 nitrogen and oxygen atoms in total. The second kappa shape index (κ2) is 6.17. The number of nitrogen functional groups attached to an aromatic ring is 1. The van der Waals surface area contributed by atoms with E-state index >= 15 is 0 Å². The Morgan fingerprint density at radius 1 is 1.52 bits per heavy atom. The van der Waals surface area contributed by atoms with Crippen LogP contribution in [0.5, 0.6) is 5.75 Å². The molecule has 0 amide bonds. The van der Waals surface area contributed by atoms with Crippen LogP contribution in [0.25, 0.3) is 0 Å². The summed E-state index contributed by atoms with van der Waals surface area (Å²) >= 11 is 3.49. The van der Waals surface area contributed by atoms with E-state index in [1.807, 2.05) is 14.0 Å². The quantitative estimate of drug-likeness (QED) is 0.806. The van der Waals surface area contributed by atoms with Gasteiger partial charge in [-0.15, -0.1) is 0 Å². The number of nitrogens with two attached hydrogens (primary N) is 1. The standard InChI is InChI=1S/C14H16BrN3O3/c1-3-10-12(15)11(18(2)17-10)7-21-13-8(14(19)20)5-4-6-9(13)16/h4-6H,3,7,16H2,1-2H3,(H,19,20). The molecule has 0 radical (unpaired) electrons. The van der Waals surface area contributed by atoms with Gasteiger partial charge in [-0.2, -0.15) is 5.10 Å². The normalized spacial score (nSPS) is 10.6. The summed E-state index contributed by atoms with van der Waals surface area (Å²) in [5.74, 6) is -0.897. The Balaban J connectivity index is 2.29. The van der Waals surface area contributed by atoms with Gasteiger partial charge in [0.05, 0.1) is 21.5 Å². The van der Waals surface area contributed by atoms with Gasteiger partial charge in [0.25, 0.3) is 0 Å². The molecule has 0 saturated carbocycles. The van der Waals surface area contributed by atoms with Gasteiger partial charge < -0.3 is 15.6 Å². The Bertz CT molecular complexity index is 682. The number of aryl methyl sites for hydroxylation is 2. The molecule has 1 aromatic carbocycles. The van der Waals surface area contributed by atoms with Crippen molar-refractivity contribution in [3.63, 3.8) is 0 Å². The first-order valence-electron chi connectivity index (χ1n) is 6.40. The molecule has 0 aliphatic heterocycles. The molecule has 0 unspecified atom stereocenters. The van der Waals surface area contributed by atoms with Crippen molar-refractivity contribution >= 4 is 27.6 Å². The first-order chi connectivity index (χ1) is 9.95. The minimum atomic E-state index is -1.07. The number of carboxylic acid groups (broad SMARTS) is 1. The number of carboxylic acids is 1. The third-order valence-electron chi connectivity index (χ3n) is 3.13. The van der Waals surface area contributed by atoms with E-state index < -0.39 is 5.97 Å². The second-order valence-electron chi connectivity index (χ2n) is 4.50. The lowest BCUT2D eigenvalue weighted by Crippen LogP contribution is -2.08. The smallest absolute Gasteiger partial charge is 0.339 e. The molecule has 112 valence electrons. The fourth-order valence-electron chi connectivity index (χ4n) is 2.00. The van der Waals surface area contributed by atoms with Gasteiger partial charge in [0.15, 0.2) is 5.75 Å². The average Bonchev–Trinajstić information content (AvgIpc) is 2.72. The van der Waals surface area contributed by atoms with Crippen molar-refractivity contribution in [2.45, 2.75) is 20.0 Å². The highest BCUT2D eigenvalue weighted by Gasteiger charge is 2.17. The van der Waals surface area contributed by atoms with Gasteiger partial charge in [0, 0.05) is 7.05 Å². The highest BCUT2D eigenvalue weighted by molar-refractivity contribution is 9.10. The summed E-state index contributed by atoms with van der Waals surface area (Å²) in [5, 5.41) is 13.5. The monoisotopic (exact) mass is 353 g/mol. The predicted octanol–water partition coefficient (Wildman–Crippen LogP) is 2.60. The highest BCUT2D eigenvalue weighted by atomic mass is 79.9. The number of benzene rings is 1. The van der Waals surface area contributed by atoms with Crippen molar-refractivity contribution in [2.75, 3.05) is 5.73 Å². The van der Waals surface area contributed by atoms with E-state index in [4.69, 9.17) is 10.5 Å². The van der Waals surface area contributed by atoms with Crippen LogP contribution in [-0.2, 0) is 20.1 Å². The van der Waals surface area contributed by atoms with E-state index in [2.05, 4.69) is 21.0 Å². The van der Waals surface area contributed by atoms with Gasteiger partial charge in [0.1, 0.15) is 12.2 Å². The first-order valence-corrected chi connectivity index (χ1v) is 7.19. The maximum Gasteiger partial charge on any atom is 0.339 e. The Labute approximate surface area is 130 Å². The van der Waals surface area contributed by atoms with E-state index in [0.29, 0.717) is 5.69 Å². The number of hydrogen-bond donors (Lipinski definition) is 2. The van der Waals surface area contributed by atoms with E-state index in [1.165, 1.54) is 6.07 Å². The maximum absolute atomic E-state index is 11.2. The van der Waals surface area contributed by atoms with E-state index in [-0.39, 0.29) is 17.9 Å². The Hall–Kier alpha value is -2.02. The van der Waals surface area contributed by atoms with Crippen LogP contribution in [0.1, 0.15) is 28.7 Å². The van der Waals surface area contributed by atoms with Gasteiger partial charge in [-0.25, -0.2) is 4.79 Å². The zero-order chi connectivity index (χ0) is 15.6. The molecule has 3 N–H and O–H groups in total. The summed E-state index contributed by atoms with van der Waals surface area (Å²) in [6.07, 6.45) is 0.794. The van der Waals surface area contributed by atoms with Crippen LogP contribution in [0, 0.1) is 0 Å². The number of rotatable bonds is 5. The molecule has 21 heavy (non-hydrogen) atoms. The average molecular weight is 354 g/mol. The SMILES string of the molecule is CCc1nn(C)c(COc2c(N)cccc2C(=O)O)c1Br. The maximum atomic E-state index is 11.2. The summed E-state index contributed by atoms with van der Waals surface area (Å²) in [7, 11) is 1.81. The van der Waals surface area contributed by atoms with Crippen molar-refractivity contribution in [2.24, 2.45) is 7.05 Å². The first kappa shape index (κ1) is 15.4. The molecular weight excluding hydrogens is 338 g/mol. The molecule has 0 aliphatic rings. The molecule has 0 spiro atoms. The van der Waals surface area contributed by atoms with Crippen molar-refractivity contribution in [1.29, 1.82) is 0 Å². The number of halogens is 1. The number of aromatic carboxylic acids is 1. The molecule has 2 aromatic rings. The lowest BCUT2D eigenvalue weighted by atomic mass is 10.2. The minimum absolute atomic E-state index is 0.0454. The summed E-state index contributed by atoms with van der Waals surface area (Å²) in [6, 6.07) is 4.65. The van der Waals surface area contributed by atoms with E-state index in [0.717, 1.165) is 22.3 Å². The van der Waals surface area contributed by atoms with Crippen LogP contribution in [0.3, 0.4) is 0 Å². The Morgan fingerprint density at radius 3 is 2.81 bits per heavy atom. The number of anilines is 1. The van der Waals surface area contributed by atoms with Crippen molar-refractivity contribution in [3.8, 4) is 5.75 Å². The van der Waals surface area contributed by atoms with Gasteiger partial charge in [0.2, 0.25) is 0 Å². The molecule has 0 saturated heterocycles. The lowest BCUT2D eigenvalue weighted by molar-refractivity contribution is 0.0692. The number of hydrogen-bond acceptors (Lipinski definition) is 4. The van der Waals surface area contributed by atoms with E-state index in [9.17, 15) is 9.90 Å². The third-order valence-corrected chi connectivity index (χ3v) is 4.05. The topological polar surface area (TPSA) is 90.4 Å².